The Balaban J connectivity index is 1.78. The van der Waals surface area contributed by atoms with Crippen molar-refractivity contribution < 1.29 is 33.6 Å². The second-order valence-corrected chi connectivity index (χ2v) is 8.86. The molecular weight excluding hydrogens is 498 g/mol. The Bertz CT molecular complexity index is 1340. The molecule has 1 aliphatic heterocycles. The Labute approximate surface area is 228 Å². The van der Waals surface area contributed by atoms with Gasteiger partial charge in [-0.3, -0.25) is 9.59 Å². The third-order valence-corrected chi connectivity index (χ3v) is 6.32. The fraction of sp³-hybridized carbons (Fsp3) is 0.290. The van der Waals surface area contributed by atoms with Crippen molar-refractivity contribution in [2.24, 2.45) is 0 Å². The van der Waals surface area contributed by atoms with E-state index in [4.69, 9.17) is 18.9 Å². The maximum atomic E-state index is 13.4. The normalized spacial score (nSPS) is 16.4. The Morgan fingerprint density at radius 2 is 1.62 bits per heavy atom. The van der Waals surface area contributed by atoms with Gasteiger partial charge in [-0.15, -0.1) is 0 Å². The zero-order valence-corrected chi connectivity index (χ0v) is 22.4. The Hall–Kier alpha value is -4.30. The van der Waals surface area contributed by atoms with E-state index >= 15 is 0 Å². The summed E-state index contributed by atoms with van der Waals surface area (Å²) in [6.45, 7) is 5.24. The van der Waals surface area contributed by atoms with Gasteiger partial charge in [-0.1, -0.05) is 42.5 Å². The van der Waals surface area contributed by atoms with Crippen LogP contribution in [0.1, 0.15) is 36.6 Å². The van der Waals surface area contributed by atoms with E-state index in [1.165, 1.54) is 12.0 Å². The first-order chi connectivity index (χ1) is 19.0. The van der Waals surface area contributed by atoms with Gasteiger partial charge in [0, 0.05) is 19.7 Å². The summed E-state index contributed by atoms with van der Waals surface area (Å²) in [4.78, 5) is 28.0. The number of methoxy groups -OCH3 is 1. The number of benzene rings is 3. The number of rotatable bonds is 12. The van der Waals surface area contributed by atoms with Crippen molar-refractivity contribution in [1.29, 1.82) is 0 Å². The Morgan fingerprint density at radius 1 is 0.872 bits per heavy atom. The van der Waals surface area contributed by atoms with Crippen molar-refractivity contribution in [3.63, 3.8) is 0 Å². The van der Waals surface area contributed by atoms with E-state index in [9.17, 15) is 14.7 Å². The molecule has 0 spiro atoms. The molecule has 8 nitrogen and oxygen atoms in total. The number of aliphatic hydroxyl groups excluding tert-OH is 1. The molecule has 0 radical (unpaired) electrons. The van der Waals surface area contributed by atoms with Crippen LogP contribution in [0.15, 0.2) is 78.4 Å². The number of hydrogen-bond donors (Lipinski definition) is 1. The van der Waals surface area contributed by atoms with E-state index in [1.54, 1.807) is 36.4 Å². The Kier molecular flexibility index (Phi) is 9.22. The third-order valence-electron chi connectivity index (χ3n) is 6.32. The van der Waals surface area contributed by atoms with Crippen LogP contribution in [-0.2, 0) is 20.9 Å². The highest BCUT2D eigenvalue weighted by atomic mass is 16.5. The topological polar surface area (TPSA) is 94.5 Å². The molecule has 3 aromatic carbocycles. The molecule has 1 atom stereocenters. The molecule has 1 aliphatic rings. The molecule has 39 heavy (non-hydrogen) atoms. The van der Waals surface area contributed by atoms with Crippen LogP contribution >= 0.6 is 0 Å². The summed E-state index contributed by atoms with van der Waals surface area (Å²) in [6, 6.07) is 21.1. The third kappa shape index (κ3) is 6.23. The molecule has 204 valence electrons. The van der Waals surface area contributed by atoms with E-state index in [0.29, 0.717) is 48.2 Å². The predicted molar refractivity (Wildman–Crippen MR) is 147 cm³/mol. The first-order valence-electron chi connectivity index (χ1n) is 12.9. The van der Waals surface area contributed by atoms with E-state index in [-0.39, 0.29) is 24.5 Å². The molecule has 1 N–H and O–H groups in total. The molecule has 1 heterocycles. The highest BCUT2D eigenvalue weighted by Gasteiger charge is 2.46. The molecular formula is C31H33NO7. The van der Waals surface area contributed by atoms with Gasteiger partial charge in [0.25, 0.3) is 11.7 Å². The standard InChI is InChI=1S/C31H33NO7/c1-4-37-24-14-15-25(26(19-24)38-5-2)29(33)27-28(32(16-17-36-3)31(35)30(27)34)22-12-9-13-23(18-22)39-20-21-10-7-6-8-11-21/h6-15,18-19,28,33H,4-5,16-17,20H2,1-3H3/b29-27+. The number of nitrogens with zero attached hydrogens (tertiary/aromatic N) is 1. The van der Waals surface area contributed by atoms with Crippen LogP contribution in [0.5, 0.6) is 17.2 Å². The van der Waals surface area contributed by atoms with Gasteiger partial charge >= 0.3 is 0 Å². The maximum Gasteiger partial charge on any atom is 0.295 e. The average Bonchev–Trinajstić information content (AvgIpc) is 3.21. The van der Waals surface area contributed by atoms with Gasteiger partial charge in [-0.05, 0) is 49.2 Å². The van der Waals surface area contributed by atoms with Gasteiger partial charge in [0.2, 0.25) is 0 Å². The quantitative estimate of drug-likeness (QED) is 0.197. The van der Waals surface area contributed by atoms with Gasteiger partial charge in [0.15, 0.2) is 0 Å². The molecule has 4 rings (SSSR count). The zero-order chi connectivity index (χ0) is 27.8. The van der Waals surface area contributed by atoms with E-state index < -0.39 is 17.7 Å². The number of carbonyl (C=O) groups excluding carboxylic acids is 2. The van der Waals surface area contributed by atoms with Crippen molar-refractivity contribution in [2.75, 3.05) is 33.5 Å². The van der Waals surface area contributed by atoms with E-state index in [1.807, 2.05) is 50.2 Å². The summed E-state index contributed by atoms with van der Waals surface area (Å²) in [6.07, 6.45) is 0. The van der Waals surface area contributed by atoms with Crippen LogP contribution < -0.4 is 14.2 Å². The number of Topliss-reactive ketones (excluding diaryl/α,β-unsaturated/α-hetero) is 1. The fourth-order valence-electron chi connectivity index (χ4n) is 4.54. The summed E-state index contributed by atoms with van der Waals surface area (Å²) in [7, 11) is 1.53. The maximum absolute atomic E-state index is 13.4. The molecule has 1 fully saturated rings. The fourth-order valence-corrected chi connectivity index (χ4v) is 4.54. The zero-order valence-electron chi connectivity index (χ0n) is 22.4. The number of ether oxygens (including phenoxy) is 4. The SMILES string of the molecule is CCOc1ccc(/C(O)=C2\C(=O)C(=O)N(CCOC)C2c2cccc(OCc3ccccc3)c2)c(OCC)c1. The first-order valence-corrected chi connectivity index (χ1v) is 12.9. The molecule has 1 amide bonds. The van der Waals surface area contributed by atoms with Crippen molar-refractivity contribution in [3.8, 4) is 17.2 Å². The largest absolute Gasteiger partial charge is 0.507 e. The minimum absolute atomic E-state index is 0.0265. The minimum atomic E-state index is -0.846. The Morgan fingerprint density at radius 3 is 2.33 bits per heavy atom. The minimum Gasteiger partial charge on any atom is -0.507 e. The molecule has 0 saturated carbocycles. The van der Waals surface area contributed by atoms with Crippen molar-refractivity contribution in [2.45, 2.75) is 26.5 Å². The van der Waals surface area contributed by atoms with Crippen LogP contribution in [0.25, 0.3) is 5.76 Å². The smallest absolute Gasteiger partial charge is 0.295 e. The summed E-state index contributed by atoms with van der Waals surface area (Å²) in [5.41, 5.74) is 1.90. The molecule has 1 saturated heterocycles. The lowest BCUT2D eigenvalue weighted by atomic mass is 9.94. The lowest BCUT2D eigenvalue weighted by molar-refractivity contribution is -0.140. The summed E-state index contributed by atoms with van der Waals surface area (Å²) < 4.78 is 22.6. The number of likely N-dealkylation sites (tertiary alicyclic amines) is 1. The van der Waals surface area contributed by atoms with Gasteiger partial charge in [-0.2, -0.15) is 0 Å². The lowest BCUT2D eigenvalue weighted by Crippen LogP contribution is -2.32. The molecule has 1 unspecified atom stereocenters. The van der Waals surface area contributed by atoms with Crippen LogP contribution in [0, 0.1) is 0 Å². The van der Waals surface area contributed by atoms with Crippen molar-refractivity contribution in [3.05, 3.63) is 95.1 Å². The van der Waals surface area contributed by atoms with Gasteiger partial charge < -0.3 is 29.0 Å². The van der Waals surface area contributed by atoms with Gasteiger partial charge in [-0.25, -0.2) is 0 Å². The number of ketones is 1. The second-order valence-electron chi connectivity index (χ2n) is 8.86. The monoisotopic (exact) mass is 531 g/mol. The predicted octanol–water partition coefficient (Wildman–Crippen LogP) is 5.13. The van der Waals surface area contributed by atoms with Crippen molar-refractivity contribution in [1.82, 2.24) is 4.90 Å². The summed E-state index contributed by atoms with van der Waals surface area (Å²) in [5.74, 6) is -0.315. The summed E-state index contributed by atoms with van der Waals surface area (Å²) in [5, 5.41) is 11.5. The summed E-state index contributed by atoms with van der Waals surface area (Å²) >= 11 is 0. The van der Waals surface area contributed by atoms with E-state index in [0.717, 1.165) is 5.56 Å². The molecule has 0 aliphatic carbocycles. The van der Waals surface area contributed by atoms with E-state index in [2.05, 4.69) is 0 Å². The van der Waals surface area contributed by atoms with Crippen LogP contribution in [0.2, 0.25) is 0 Å². The van der Waals surface area contributed by atoms with Crippen LogP contribution in [-0.4, -0.2) is 55.2 Å². The van der Waals surface area contributed by atoms with Gasteiger partial charge in [0.1, 0.15) is 29.6 Å². The van der Waals surface area contributed by atoms with Crippen molar-refractivity contribution >= 4 is 17.4 Å². The molecule has 3 aromatic rings. The highest BCUT2D eigenvalue weighted by molar-refractivity contribution is 6.46. The molecule has 0 bridgehead atoms. The van der Waals surface area contributed by atoms with Crippen LogP contribution in [0.3, 0.4) is 0 Å². The lowest BCUT2D eigenvalue weighted by Gasteiger charge is -2.25. The molecule has 0 aromatic heterocycles. The second kappa shape index (κ2) is 13.0. The average molecular weight is 532 g/mol. The van der Waals surface area contributed by atoms with Gasteiger partial charge in [0.05, 0.1) is 37.0 Å². The number of carbonyl (C=O) groups is 2. The number of hydrogen-bond acceptors (Lipinski definition) is 7. The molecule has 8 heteroatoms. The number of amides is 1. The first kappa shape index (κ1) is 27.7. The number of aliphatic hydroxyl groups is 1. The highest BCUT2D eigenvalue weighted by Crippen LogP contribution is 2.42. The van der Waals surface area contributed by atoms with Crippen LogP contribution in [0.4, 0.5) is 0 Å².